The average Bonchev–Trinajstić information content (AvgIpc) is 2.37. The largest absolute Gasteiger partial charge is 0.464 e. The summed E-state index contributed by atoms with van der Waals surface area (Å²) in [6, 6.07) is 0. The third-order valence-corrected chi connectivity index (χ3v) is 1.52. The molecular formula is C8H9NOS. The molecule has 1 saturated heterocycles. The highest BCUT2D eigenvalue weighted by Gasteiger charge is 2.09. The number of hydrogen-bond acceptors (Lipinski definition) is 2. The Balaban J connectivity index is 2.31. The van der Waals surface area contributed by atoms with E-state index < -0.39 is 0 Å². The molecule has 58 valence electrons. The van der Waals surface area contributed by atoms with E-state index in [0.29, 0.717) is 11.8 Å². The first-order chi connectivity index (χ1) is 5.33. The van der Waals surface area contributed by atoms with Crippen molar-refractivity contribution < 1.29 is 4.74 Å². The molecule has 0 atom stereocenters. The van der Waals surface area contributed by atoms with Crippen LogP contribution in [-0.4, -0.2) is 11.8 Å². The second-order valence-corrected chi connectivity index (χ2v) is 2.54. The van der Waals surface area contributed by atoms with Gasteiger partial charge in [0.15, 0.2) is 0 Å². The molecule has 0 spiro atoms. The van der Waals surface area contributed by atoms with Crippen LogP contribution in [0.15, 0.2) is 11.8 Å². The molecule has 1 aliphatic heterocycles. The molecule has 3 heteroatoms. The van der Waals surface area contributed by atoms with E-state index in [9.17, 15) is 0 Å². The molecule has 0 aromatic heterocycles. The molecule has 1 heterocycles. The Kier molecular flexibility index (Phi) is 2.94. The minimum absolute atomic E-state index is 0.456. The summed E-state index contributed by atoms with van der Waals surface area (Å²) in [5, 5.41) is 3.37. The highest BCUT2D eigenvalue weighted by atomic mass is 32.1. The topological polar surface area (TPSA) is 21.3 Å². The van der Waals surface area contributed by atoms with Crippen molar-refractivity contribution in [1.82, 2.24) is 5.32 Å². The lowest BCUT2D eigenvalue weighted by Gasteiger charge is -1.91. The van der Waals surface area contributed by atoms with Crippen molar-refractivity contribution in [3.8, 4) is 12.3 Å². The van der Waals surface area contributed by atoms with Gasteiger partial charge in [0, 0.05) is 6.42 Å². The number of unbranched alkanes of at least 4 members (excludes halogenated alkanes) is 1. The first-order valence-corrected chi connectivity index (χ1v) is 3.80. The molecule has 11 heavy (non-hydrogen) atoms. The van der Waals surface area contributed by atoms with Crippen molar-refractivity contribution in [2.75, 3.05) is 6.61 Å². The first-order valence-electron chi connectivity index (χ1n) is 3.39. The summed E-state index contributed by atoms with van der Waals surface area (Å²) in [5.41, 5.74) is 1.02. The zero-order chi connectivity index (χ0) is 8.10. The van der Waals surface area contributed by atoms with Gasteiger partial charge in [0.2, 0.25) is 0 Å². The van der Waals surface area contributed by atoms with E-state index in [4.69, 9.17) is 23.4 Å². The predicted octanol–water partition coefficient (Wildman–Crippen LogP) is 1.19. The Morgan fingerprint density at radius 3 is 3.18 bits per heavy atom. The smallest absolute Gasteiger partial charge is 0.261 e. The number of rotatable bonds is 2. The normalized spacial score (nSPS) is 19.2. The van der Waals surface area contributed by atoms with E-state index in [1.54, 1.807) is 0 Å². The lowest BCUT2D eigenvalue weighted by Crippen LogP contribution is -2.10. The van der Waals surface area contributed by atoms with E-state index >= 15 is 0 Å². The van der Waals surface area contributed by atoms with Crippen molar-refractivity contribution in [2.24, 2.45) is 0 Å². The highest BCUT2D eigenvalue weighted by Crippen LogP contribution is 2.03. The van der Waals surface area contributed by atoms with Gasteiger partial charge >= 0.3 is 0 Å². The second kappa shape index (κ2) is 3.99. The highest BCUT2D eigenvalue weighted by molar-refractivity contribution is 7.80. The molecule has 0 aliphatic carbocycles. The fourth-order valence-electron chi connectivity index (χ4n) is 0.786. The molecule has 0 aromatic rings. The SMILES string of the molecule is C#CCC/C=C1\COC(=S)N1. The maximum Gasteiger partial charge on any atom is 0.261 e. The molecule has 0 bridgehead atoms. The molecule has 0 aromatic carbocycles. The van der Waals surface area contributed by atoms with Gasteiger partial charge in [0.25, 0.3) is 5.17 Å². The maximum absolute atomic E-state index is 5.08. The van der Waals surface area contributed by atoms with Crippen LogP contribution in [0.2, 0.25) is 0 Å². The number of nitrogens with one attached hydrogen (secondary N) is 1. The Labute approximate surface area is 71.6 Å². The second-order valence-electron chi connectivity index (χ2n) is 2.17. The van der Waals surface area contributed by atoms with E-state index in [0.717, 1.165) is 18.5 Å². The minimum Gasteiger partial charge on any atom is -0.464 e. The predicted molar refractivity (Wildman–Crippen MR) is 47.8 cm³/mol. The van der Waals surface area contributed by atoms with Gasteiger partial charge in [0.1, 0.15) is 6.61 Å². The molecule has 1 N–H and O–H groups in total. The van der Waals surface area contributed by atoms with Gasteiger partial charge in [0.05, 0.1) is 5.70 Å². The van der Waals surface area contributed by atoms with Crippen LogP contribution >= 0.6 is 12.2 Å². The standard InChI is InChI=1S/C8H9NOS/c1-2-3-4-5-7-6-10-8(11)9-7/h1,5H,3-4,6H2,(H,9,11)/b7-5+. The molecule has 0 radical (unpaired) electrons. The third kappa shape index (κ3) is 2.60. The van der Waals surface area contributed by atoms with Crippen LogP contribution in [0.5, 0.6) is 0 Å². The van der Waals surface area contributed by atoms with Crippen molar-refractivity contribution in [1.29, 1.82) is 0 Å². The maximum atomic E-state index is 5.08. The van der Waals surface area contributed by atoms with Crippen LogP contribution in [0.4, 0.5) is 0 Å². The van der Waals surface area contributed by atoms with E-state index in [-0.39, 0.29) is 0 Å². The summed E-state index contributed by atoms with van der Waals surface area (Å²) in [7, 11) is 0. The number of hydrogen-bond donors (Lipinski definition) is 1. The molecular weight excluding hydrogens is 158 g/mol. The lowest BCUT2D eigenvalue weighted by molar-refractivity contribution is 0.374. The van der Waals surface area contributed by atoms with Gasteiger partial charge in [-0.25, -0.2) is 0 Å². The minimum atomic E-state index is 0.456. The zero-order valence-corrected chi connectivity index (χ0v) is 6.91. The molecule has 0 unspecified atom stereocenters. The third-order valence-electron chi connectivity index (χ3n) is 1.30. The number of allylic oxidation sites excluding steroid dienone is 1. The number of terminal acetylenes is 1. The van der Waals surface area contributed by atoms with Crippen LogP contribution in [0.3, 0.4) is 0 Å². The summed E-state index contributed by atoms with van der Waals surface area (Å²) in [4.78, 5) is 0. The van der Waals surface area contributed by atoms with Crippen molar-refractivity contribution in [3.63, 3.8) is 0 Å². The fraction of sp³-hybridized carbons (Fsp3) is 0.375. The van der Waals surface area contributed by atoms with Crippen LogP contribution in [0, 0.1) is 12.3 Å². The average molecular weight is 167 g/mol. The van der Waals surface area contributed by atoms with E-state index in [2.05, 4.69) is 11.2 Å². The summed E-state index contributed by atoms with van der Waals surface area (Å²) >= 11 is 4.76. The first kappa shape index (κ1) is 8.09. The van der Waals surface area contributed by atoms with Gasteiger partial charge in [-0.2, -0.15) is 0 Å². The van der Waals surface area contributed by atoms with Crippen LogP contribution < -0.4 is 5.32 Å². The quantitative estimate of drug-likeness (QED) is 0.379. The monoisotopic (exact) mass is 167 g/mol. The molecule has 0 saturated carbocycles. The van der Waals surface area contributed by atoms with Gasteiger partial charge in [-0.15, -0.1) is 12.3 Å². The van der Waals surface area contributed by atoms with Crippen LogP contribution in [0.25, 0.3) is 0 Å². The Hall–Kier alpha value is -1.01. The lowest BCUT2D eigenvalue weighted by atomic mass is 10.3. The van der Waals surface area contributed by atoms with Crippen LogP contribution in [0.1, 0.15) is 12.8 Å². The van der Waals surface area contributed by atoms with Gasteiger partial charge in [-0.05, 0) is 18.6 Å². The van der Waals surface area contributed by atoms with Gasteiger partial charge in [-0.3, -0.25) is 0 Å². The summed E-state index contributed by atoms with van der Waals surface area (Å²) < 4.78 is 5.00. The Morgan fingerprint density at radius 1 is 1.82 bits per heavy atom. The van der Waals surface area contributed by atoms with Crippen molar-refractivity contribution in [3.05, 3.63) is 11.8 Å². The van der Waals surface area contributed by atoms with Gasteiger partial charge < -0.3 is 10.1 Å². The molecule has 1 fully saturated rings. The molecule has 1 aliphatic rings. The Morgan fingerprint density at radius 2 is 2.64 bits per heavy atom. The van der Waals surface area contributed by atoms with Gasteiger partial charge in [-0.1, -0.05) is 6.08 Å². The van der Waals surface area contributed by atoms with Crippen LogP contribution in [-0.2, 0) is 4.74 Å². The number of ether oxygens (including phenoxy) is 1. The van der Waals surface area contributed by atoms with E-state index in [1.807, 2.05) is 6.08 Å². The van der Waals surface area contributed by atoms with E-state index in [1.165, 1.54) is 0 Å². The zero-order valence-electron chi connectivity index (χ0n) is 6.09. The van der Waals surface area contributed by atoms with Crippen molar-refractivity contribution in [2.45, 2.75) is 12.8 Å². The fourth-order valence-corrected chi connectivity index (χ4v) is 0.976. The summed E-state index contributed by atoms with van der Waals surface area (Å²) in [6.45, 7) is 0.559. The summed E-state index contributed by atoms with van der Waals surface area (Å²) in [6.07, 6.45) is 8.74. The number of thiocarbonyl (C=S) groups is 1. The Bertz CT molecular complexity index is 227. The molecule has 1 rings (SSSR count). The molecule has 0 amide bonds. The van der Waals surface area contributed by atoms with Crippen molar-refractivity contribution >= 4 is 17.4 Å². The molecule has 2 nitrogen and oxygen atoms in total. The summed E-state index contributed by atoms with van der Waals surface area (Å²) in [5.74, 6) is 2.56.